The Hall–Kier alpha value is -0.930. The zero-order valence-corrected chi connectivity index (χ0v) is 15.2. The highest BCUT2D eigenvalue weighted by atomic mass is 16.3. The third-order valence-corrected chi connectivity index (χ3v) is 8.71. The number of aliphatic hydroxyl groups excluding tert-OH is 1. The van der Waals surface area contributed by atoms with E-state index in [-0.39, 0.29) is 12.0 Å². The standard InChI is InChI=1S/C22H30O3/c1-21-9-7-16-15-6-4-14(24)11-13(15)3-5-17(16)20(21)18-12-19(18)22(21,25)8-2-10-23/h2,8,16-20,23,25H,3-7,9-12H2,1H3/t16?,17?,18-,19+,20?,21+,22+/m1/s1. The average molecular weight is 342 g/mol. The first-order valence-corrected chi connectivity index (χ1v) is 10.2. The quantitative estimate of drug-likeness (QED) is 0.756. The summed E-state index contributed by atoms with van der Waals surface area (Å²) < 4.78 is 0. The van der Waals surface area contributed by atoms with Crippen molar-refractivity contribution < 1.29 is 15.0 Å². The van der Waals surface area contributed by atoms with Gasteiger partial charge in [-0.3, -0.25) is 4.79 Å². The molecule has 2 N–H and O–H groups in total. The van der Waals surface area contributed by atoms with E-state index in [1.165, 1.54) is 18.4 Å². The van der Waals surface area contributed by atoms with Crippen LogP contribution < -0.4 is 0 Å². The first-order chi connectivity index (χ1) is 12.0. The van der Waals surface area contributed by atoms with Crippen LogP contribution in [0.4, 0.5) is 0 Å². The summed E-state index contributed by atoms with van der Waals surface area (Å²) in [6, 6.07) is 0. The number of Topliss-reactive ketones (excluding diaryl/α,β-unsaturated/α-hetero) is 1. The third kappa shape index (κ3) is 2.03. The van der Waals surface area contributed by atoms with E-state index in [1.54, 1.807) is 11.6 Å². The molecule has 0 saturated heterocycles. The maximum Gasteiger partial charge on any atom is 0.137 e. The molecular weight excluding hydrogens is 312 g/mol. The predicted octanol–water partition coefficient (Wildman–Crippen LogP) is 3.41. The molecule has 0 amide bonds. The van der Waals surface area contributed by atoms with Crippen molar-refractivity contribution in [3.8, 4) is 0 Å². The van der Waals surface area contributed by atoms with Gasteiger partial charge in [-0.2, -0.15) is 0 Å². The molecule has 25 heavy (non-hydrogen) atoms. The van der Waals surface area contributed by atoms with Crippen LogP contribution in [0.15, 0.2) is 23.3 Å². The normalized spacial score (nSPS) is 51.2. The van der Waals surface area contributed by atoms with Gasteiger partial charge in [0.15, 0.2) is 0 Å². The summed E-state index contributed by atoms with van der Waals surface area (Å²) in [4.78, 5) is 11.9. The molecule has 3 fully saturated rings. The van der Waals surface area contributed by atoms with E-state index in [0.29, 0.717) is 35.4 Å². The summed E-state index contributed by atoms with van der Waals surface area (Å²) in [7, 11) is 0. The number of fused-ring (bicyclic) bond motifs is 6. The van der Waals surface area contributed by atoms with Crippen LogP contribution in [-0.4, -0.2) is 28.2 Å². The van der Waals surface area contributed by atoms with Crippen LogP contribution in [0.1, 0.15) is 58.3 Å². The Labute approximate surface area is 150 Å². The van der Waals surface area contributed by atoms with Gasteiger partial charge >= 0.3 is 0 Å². The van der Waals surface area contributed by atoms with Crippen molar-refractivity contribution in [2.24, 2.45) is 35.0 Å². The molecule has 0 aromatic carbocycles. The lowest BCUT2D eigenvalue weighted by molar-refractivity contribution is -0.119. The molecule has 0 bridgehead atoms. The zero-order valence-electron chi connectivity index (χ0n) is 15.2. The molecule has 3 heteroatoms. The molecule has 0 radical (unpaired) electrons. The molecule has 3 nitrogen and oxygen atoms in total. The fraction of sp³-hybridized carbons (Fsp3) is 0.773. The van der Waals surface area contributed by atoms with Crippen LogP contribution in [0.2, 0.25) is 0 Å². The highest BCUT2D eigenvalue weighted by Gasteiger charge is 2.74. The highest BCUT2D eigenvalue weighted by molar-refractivity contribution is 5.82. The Bertz CT molecular complexity index is 677. The molecule has 5 aliphatic rings. The number of aliphatic hydroxyl groups is 2. The van der Waals surface area contributed by atoms with Gasteiger partial charge < -0.3 is 10.2 Å². The minimum absolute atomic E-state index is 0.0107. The smallest absolute Gasteiger partial charge is 0.137 e. The molecule has 136 valence electrons. The predicted molar refractivity (Wildman–Crippen MR) is 95.7 cm³/mol. The van der Waals surface area contributed by atoms with Crippen LogP contribution in [0, 0.1) is 35.0 Å². The second kappa shape index (κ2) is 5.29. The second-order valence-corrected chi connectivity index (χ2v) is 9.55. The van der Waals surface area contributed by atoms with E-state index < -0.39 is 5.60 Å². The lowest BCUT2D eigenvalue weighted by Gasteiger charge is -2.55. The first kappa shape index (κ1) is 16.3. The molecule has 0 heterocycles. The number of carbonyl (C=O) groups excluding carboxylic acids is 1. The molecule has 0 aromatic rings. The van der Waals surface area contributed by atoms with Crippen molar-refractivity contribution >= 4 is 5.78 Å². The number of carbonyl (C=O) groups is 1. The van der Waals surface area contributed by atoms with Crippen LogP contribution in [0.3, 0.4) is 0 Å². The summed E-state index contributed by atoms with van der Waals surface area (Å²) in [5.74, 6) is 3.46. The molecule has 7 atom stereocenters. The van der Waals surface area contributed by atoms with E-state index in [9.17, 15) is 15.0 Å². The fourth-order valence-corrected chi connectivity index (χ4v) is 7.65. The Morgan fingerprint density at radius 3 is 2.84 bits per heavy atom. The molecule has 0 spiro atoms. The van der Waals surface area contributed by atoms with E-state index in [0.717, 1.165) is 38.5 Å². The Morgan fingerprint density at radius 2 is 2.04 bits per heavy atom. The van der Waals surface area contributed by atoms with Gasteiger partial charge in [0.2, 0.25) is 0 Å². The molecule has 0 aromatic heterocycles. The summed E-state index contributed by atoms with van der Waals surface area (Å²) in [6.45, 7) is 2.33. The van der Waals surface area contributed by atoms with Crippen molar-refractivity contribution in [3.05, 3.63) is 23.3 Å². The molecule has 5 rings (SSSR count). The Balaban J connectivity index is 1.50. The summed E-state index contributed by atoms with van der Waals surface area (Å²) in [5, 5.41) is 20.8. The topological polar surface area (TPSA) is 57.5 Å². The van der Waals surface area contributed by atoms with Gasteiger partial charge in [-0.1, -0.05) is 30.2 Å². The van der Waals surface area contributed by atoms with Crippen molar-refractivity contribution in [1.29, 1.82) is 0 Å². The fourth-order valence-electron chi connectivity index (χ4n) is 7.65. The monoisotopic (exact) mass is 342 g/mol. The molecule has 5 aliphatic carbocycles. The van der Waals surface area contributed by atoms with Gasteiger partial charge in [-0.05, 0) is 68.1 Å². The maximum absolute atomic E-state index is 11.9. The summed E-state index contributed by atoms with van der Waals surface area (Å²) in [6.07, 6.45) is 11.9. The van der Waals surface area contributed by atoms with Crippen LogP contribution in [0.25, 0.3) is 0 Å². The second-order valence-electron chi connectivity index (χ2n) is 9.55. The van der Waals surface area contributed by atoms with Gasteiger partial charge in [0.25, 0.3) is 0 Å². The van der Waals surface area contributed by atoms with E-state index >= 15 is 0 Å². The highest BCUT2D eigenvalue weighted by Crippen LogP contribution is 2.75. The van der Waals surface area contributed by atoms with E-state index in [4.69, 9.17) is 0 Å². The largest absolute Gasteiger partial charge is 0.392 e. The zero-order chi connectivity index (χ0) is 17.4. The van der Waals surface area contributed by atoms with Crippen LogP contribution >= 0.6 is 0 Å². The molecular formula is C22H30O3. The lowest BCUT2D eigenvalue weighted by Crippen LogP contribution is -2.53. The SMILES string of the molecule is C[C@]12CCC3C4=C(CCC3C1[C@@H]1C[C@@H]1[C@@]2(O)C=CCO)CC(=O)CC4. The number of rotatable bonds is 2. The lowest BCUT2D eigenvalue weighted by atomic mass is 9.50. The number of hydrogen-bond acceptors (Lipinski definition) is 3. The van der Waals surface area contributed by atoms with E-state index in [1.807, 2.05) is 6.08 Å². The van der Waals surface area contributed by atoms with Crippen molar-refractivity contribution in [1.82, 2.24) is 0 Å². The summed E-state index contributed by atoms with van der Waals surface area (Å²) in [5.41, 5.74) is 2.33. The van der Waals surface area contributed by atoms with Gasteiger partial charge in [0.05, 0.1) is 12.2 Å². The van der Waals surface area contributed by atoms with Gasteiger partial charge in [-0.15, -0.1) is 0 Å². The van der Waals surface area contributed by atoms with Gasteiger partial charge in [0.1, 0.15) is 5.78 Å². The van der Waals surface area contributed by atoms with Crippen LogP contribution in [0.5, 0.6) is 0 Å². The molecule has 3 unspecified atom stereocenters. The molecule has 3 saturated carbocycles. The first-order valence-electron chi connectivity index (χ1n) is 10.2. The Kier molecular flexibility index (Phi) is 3.44. The van der Waals surface area contributed by atoms with E-state index in [2.05, 4.69) is 6.92 Å². The third-order valence-electron chi connectivity index (χ3n) is 8.71. The van der Waals surface area contributed by atoms with Crippen molar-refractivity contribution in [2.75, 3.05) is 6.61 Å². The number of allylic oxidation sites excluding steroid dienone is 2. The van der Waals surface area contributed by atoms with Crippen molar-refractivity contribution in [2.45, 2.75) is 63.9 Å². The average Bonchev–Trinajstić information content (AvgIpc) is 3.36. The van der Waals surface area contributed by atoms with Gasteiger partial charge in [0, 0.05) is 18.3 Å². The number of ketones is 1. The van der Waals surface area contributed by atoms with Crippen molar-refractivity contribution in [3.63, 3.8) is 0 Å². The molecule has 0 aliphatic heterocycles. The number of hydrogen-bond donors (Lipinski definition) is 2. The maximum atomic E-state index is 11.9. The minimum Gasteiger partial charge on any atom is -0.392 e. The minimum atomic E-state index is -0.729. The van der Waals surface area contributed by atoms with Crippen LogP contribution in [-0.2, 0) is 4.79 Å². The summed E-state index contributed by atoms with van der Waals surface area (Å²) >= 11 is 0. The Morgan fingerprint density at radius 1 is 1.20 bits per heavy atom. The van der Waals surface area contributed by atoms with Gasteiger partial charge in [-0.25, -0.2) is 0 Å².